The summed E-state index contributed by atoms with van der Waals surface area (Å²) < 4.78 is 0. The first-order valence-corrected chi connectivity index (χ1v) is 4.98. The van der Waals surface area contributed by atoms with E-state index in [9.17, 15) is 4.79 Å². The molecule has 0 aliphatic rings. The number of aromatic nitrogens is 1. The van der Waals surface area contributed by atoms with E-state index >= 15 is 0 Å². The molecule has 2 rings (SSSR count). The standard InChI is InChI=1S/C13H13NO/c1-10(15)13-9-14-8-12(13)7-11-5-3-2-4-6-11/h2-6,8-9,14H,7H2,1H3. The first-order chi connectivity index (χ1) is 7.27. The van der Waals surface area contributed by atoms with Crippen LogP contribution in [0.5, 0.6) is 0 Å². The lowest BCUT2D eigenvalue weighted by molar-refractivity contribution is 0.101. The summed E-state index contributed by atoms with van der Waals surface area (Å²) in [6, 6.07) is 10.1. The van der Waals surface area contributed by atoms with Crippen molar-refractivity contribution < 1.29 is 4.79 Å². The van der Waals surface area contributed by atoms with Crippen LogP contribution < -0.4 is 0 Å². The highest BCUT2D eigenvalue weighted by molar-refractivity contribution is 5.95. The zero-order valence-electron chi connectivity index (χ0n) is 8.66. The second-order valence-corrected chi connectivity index (χ2v) is 3.61. The summed E-state index contributed by atoms with van der Waals surface area (Å²) in [6.45, 7) is 1.59. The van der Waals surface area contributed by atoms with E-state index in [2.05, 4.69) is 17.1 Å². The van der Waals surface area contributed by atoms with E-state index in [4.69, 9.17) is 0 Å². The van der Waals surface area contributed by atoms with E-state index in [1.54, 1.807) is 13.1 Å². The molecule has 0 unspecified atom stereocenters. The Morgan fingerprint density at radius 2 is 1.93 bits per heavy atom. The van der Waals surface area contributed by atoms with Gasteiger partial charge in [0.1, 0.15) is 0 Å². The van der Waals surface area contributed by atoms with Crippen LogP contribution in [0.4, 0.5) is 0 Å². The average Bonchev–Trinajstić information content (AvgIpc) is 2.67. The first kappa shape index (κ1) is 9.71. The molecule has 0 aliphatic carbocycles. The molecule has 0 bridgehead atoms. The van der Waals surface area contributed by atoms with E-state index in [-0.39, 0.29) is 5.78 Å². The summed E-state index contributed by atoms with van der Waals surface area (Å²) >= 11 is 0. The maximum Gasteiger partial charge on any atom is 0.161 e. The number of hydrogen-bond acceptors (Lipinski definition) is 1. The van der Waals surface area contributed by atoms with Crippen molar-refractivity contribution in [3.63, 3.8) is 0 Å². The topological polar surface area (TPSA) is 32.9 Å². The molecule has 76 valence electrons. The highest BCUT2D eigenvalue weighted by atomic mass is 16.1. The molecule has 1 aromatic carbocycles. The molecule has 0 aliphatic heterocycles. The minimum atomic E-state index is 0.113. The zero-order valence-corrected chi connectivity index (χ0v) is 8.66. The molecule has 1 heterocycles. The number of Topliss-reactive ketones (excluding diaryl/α,β-unsaturated/α-hetero) is 1. The molecule has 0 saturated heterocycles. The molecule has 15 heavy (non-hydrogen) atoms. The molecule has 0 fully saturated rings. The molecule has 2 nitrogen and oxygen atoms in total. The molecule has 0 saturated carbocycles. The van der Waals surface area contributed by atoms with Gasteiger partial charge in [0.05, 0.1) is 0 Å². The predicted octanol–water partition coefficient (Wildman–Crippen LogP) is 2.81. The lowest BCUT2D eigenvalue weighted by Crippen LogP contribution is -1.96. The molecule has 2 heteroatoms. The molecule has 2 aromatic rings. The summed E-state index contributed by atoms with van der Waals surface area (Å²) in [4.78, 5) is 14.3. The summed E-state index contributed by atoms with van der Waals surface area (Å²) in [5.41, 5.74) is 3.08. The van der Waals surface area contributed by atoms with Crippen LogP contribution in [0.25, 0.3) is 0 Å². The van der Waals surface area contributed by atoms with E-state index in [1.165, 1.54) is 5.56 Å². The number of H-pyrrole nitrogens is 1. The van der Waals surface area contributed by atoms with Crippen LogP contribution in [-0.2, 0) is 6.42 Å². The number of aromatic amines is 1. The van der Waals surface area contributed by atoms with E-state index in [0.29, 0.717) is 0 Å². The minimum absolute atomic E-state index is 0.113. The third-order valence-corrected chi connectivity index (χ3v) is 2.45. The Kier molecular flexibility index (Phi) is 2.68. The molecular formula is C13H13NO. The normalized spacial score (nSPS) is 10.2. The van der Waals surface area contributed by atoms with Crippen molar-refractivity contribution in [3.05, 3.63) is 59.4 Å². The largest absolute Gasteiger partial charge is 0.367 e. The van der Waals surface area contributed by atoms with Gasteiger partial charge >= 0.3 is 0 Å². The third-order valence-electron chi connectivity index (χ3n) is 2.45. The van der Waals surface area contributed by atoms with Crippen LogP contribution in [-0.4, -0.2) is 10.8 Å². The highest BCUT2D eigenvalue weighted by Gasteiger charge is 2.07. The number of nitrogens with one attached hydrogen (secondary N) is 1. The number of carbonyl (C=O) groups is 1. The fraction of sp³-hybridized carbons (Fsp3) is 0.154. The van der Waals surface area contributed by atoms with Crippen molar-refractivity contribution in [2.45, 2.75) is 13.3 Å². The fourth-order valence-electron chi connectivity index (χ4n) is 1.69. The SMILES string of the molecule is CC(=O)c1c[nH]cc1Cc1ccccc1. The zero-order chi connectivity index (χ0) is 10.7. The van der Waals surface area contributed by atoms with Gasteiger partial charge in [0.2, 0.25) is 0 Å². The van der Waals surface area contributed by atoms with Crippen molar-refractivity contribution in [1.82, 2.24) is 4.98 Å². The molecule has 0 spiro atoms. The highest BCUT2D eigenvalue weighted by Crippen LogP contribution is 2.14. The maximum absolute atomic E-state index is 11.3. The van der Waals surface area contributed by atoms with Gasteiger partial charge in [-0.05, 0) is 24.5 Å². The molecule has 0 atom stereocenters. The van der Waals surface area contributed by atoms with Gasteiger partial charge in [0.25, 0.3) is 0 Å². The molecular weight excluding hydrogens is 186 g/mol. The van der Waals surface area contributed by atoms with Gasteiger partial charge in [-0.3, -0.25) is 4.79 Å². The second-order valence-electron chi connectivity index (χ2n) is 3.61. The first-order valence-electron chi connectivity index (χ1n) is 4.98. The van der Waals surface area contributed by atoms with Crippen LogP contribution in [0.1, 0.15) is 28.4 Å². The van der Waals surface area contributed by atoms with Gasteiger partial charge < -0.3 is 4.98 Å². The van der Waals surface area contributed by atoms with Gasteiger partial charge in [-0.2, -0.15) is 0 Å². The number of benzene rings is 1. The van der Waals surface area contributed by atoms with E-state index < -0.39 is 0 Å². The van der Waals surface area contributed by atoms with Gasteiger partial charge in [-0.25, -0.2) is 0 Å². The van der Waals surface area contributed by atoms with Crippen molar-refractivity contribution in [2.24, 2.45) is 0 Å². The molecule has 0 amide bonds. The molecule has 1 N–H and O–H groups in total. The molecule has 1 aromatic heterocycles. The minimum Gasteiger partial charge on any atom is -0.367 e. The van der Waals surface area contributed by atoms with Crippen molar-refractivity contribution in [2.75, 3.05) is 0 Å². The van der Waals surface area contributed by atoms with Gasteiger partial charge in [-0.15, -0.1) is 0 Å². The lowest BCUT2D eigenvalue weighted by atomic mass is 10.0. The van der Waals surface area contributed by atoms with E-state index in [0.717, 1.165) is 17.5 Å². The Bertz CT molecular complexity index is 456. The third kappa shape index (κ3) is 2.15. The lowest BCUT2D eigenvalue weighted by Gasteiger charge is -2.00. The smallest absolute Gasteiger partial charge is 0.161 e. The van der Waals surface area contributed by atoms with Gasteiger partial charge in [-0.1, -0.05) is 30.3 Å². The monoisotopic (exact) mass is 199 g/mol. The number of rotatable bonds is 3. The Morgan fingerprint density at radius 1 is 1.20 bits per heavy atom. The van der Waals surface area contributed by atoms with Gasteiger partial charge in [0.15, 0.2) is 5.78 Å². The van der Waals surface area contributed by atoms with Crippen LogP contribution in [0.15, 0.2) is 42.7 Å². The summed E-state index contributed by atoms with van der Waals surface area (Å²) in [7, 11) is 0. The average molecular weight is 199 g/mol. The van der Waals surface area contributed by atoms with Crippen molar-refractivity contribution >= 4 is 5.78 Å². The number of carbonyl (C=O) groups excluding carboxylic acids is 1. The fourth-order valence-corrected chi connectivity index (χ4v) is 1.69. The number of ketones is 1. The van der Waals surface area contributed by atoms with Gasteiger partial charge in [0, 0.05) is 18.0 Å². The van der Waals surface area contributed by atoms with Crippen molar-refractivity contribution in [3.8, 4) is 0 Å². The Balaban J connectivity index is 2.25. The summed E-state index contributed by atoms with van der Waals surface area (Å²) in [5, 5.41) is 0. The Hall–Kier alpha value is -1.83. The summed E-state index contributed by atoms with van der Waals surface area (Å²) in [6.07, 6.45) is 4.46. The van der Waals surface area contributed by atoms with Crippen molar-refractivity contribution in [1.29, 1.82) is 0 Å². The van der Waals surface area contributed by atoms with Crippen LogP contribution in [0.3, 0.4) is 0 Å². The van der Waals surface area contributed by atoms with E-state index in [1.807, 2.05) is 24.4 Å². The van der Waals surface area contributed by atoms with Crippen LogP contribution in [0, 0.1) is 0 Å². The number of hydrogen-bond donors (Lipinski definition) is 1. The summed E-state index contributed by atoms with van der Waals surface area (Å²) in [5.74, 6) is 0.113. The second kappa shape index (κ2) is 4.13. The maximum atomic E-state index is 11.3. The Labute approximate surface area is 89.0 Å². The Morgan fingerprint density at radius 3 is 2.60 bits per heavy atom. The predicted molar refractivity (Wildman–Crippen MR) is 60.0 cm³/mol. The molecule has 0 radical (unpaired) electrons. The van der Waals surface area contributed by atoms with Crippen LogP contribution in [0.2, 0.25) is 0 Å². The van der Waals surface area contributed by atoms with Crippen LogP contribution >= 0.6 is 0 Å². The quantitative estimate of drug-likeness (QED) is 0.757.